The number of amides is 1. The number of pyridine rings is 1. The Kier molecular flexibility index (Phi) is 4.06. The van der Waals surface area contributed by atoms with Gasteiger partial charge >= 0.3 is 12.1 Å². The molecule has 0 aliphatic rings. The summed E-state index contributed by atoms with van der Waals surface area (Å²) >= 11 is 6.89. The summed E-state index contributed by atoms with van der Waals surface area (Å²) in [7, 11) is 0. The number of nitrogens with one attached hydrogen (secondary N) is 1. The highest BCUT2D eigenvalue weighted by Gasteiger charge is 2.23. The van der Waals surface area contributed by atoms with E-state index >= 15 is 0 Å². The van der Waals surface area contributed by atoms with Gasteiger partial charge in [-0.3, -0.25) is 5.32 Å². The lowest BCUT2D eigenvalue weighted by Crippen LogP contribution is -2.27. The van der Waals surface area contributed by atoms with Crippen molar-refractivity contribution >= 4 is 50.2 Å². The van der Waals surface area contributed by atoms with Gasteiger partial charge in [-0.05, 0) is 32.9 Å². The van der Waals surface area contributed by atoms with Crippen molar-refractivity contribution in [1.29, 1.82) is 0 Å². The number of hydrogen-bond donors (Lipinski definition) is 2. The van der Waals surface area contributed by atoms with E-state index in [0.717, 1.165) is 11.3 Å². The molecule has 0 spiro atoms. The Bertz CT molecular complexity index is 721. The van der Waals surface area contributed by atoms with E-state index in [1.165, 1.54) is 0 Å². The smallest absolute Gasteiger partial charge is 0.412 e. The minimum absolute atomic E-state index is 0.0941. The molecule has 0 fully saturated rings. The van der Waals surface area contributed by atoms with Crippen LogP contribution in [0.15, 0.2) is 12.1 Å². The number of carbonyl (C=O) groups excluding carboxylic acids is 1. The minimum atomic E-state index is -1.19. The van der Waals surface area contributed by atoms with Crippen molar-refractivity contribution in [3.05, 3.63) is 22.8 Å². The zero-order valence-corrected chi connectivity index (χ0v) is 13.1. The number of halogens is 1. The Morgan fingerprint density at radius 1 is 1.38 bits per heavy atom. The van der Waals surface area contributed by atoms with Gasteiger partial charge in [-0.2, -0.15) is 0 Å². The number of nitrogens with zero attached hydrogens (tertiary/aromatic N) is 1. The zero-order chi connectivity index (χ0) is 15.8. The Hall–Kier alpha value is -1.86. The van der Waals surface area contributed by atoms with Gasteiger partial charge in [0.15, 0.2) is 0 Å². The monoisotopic (exact) mass is 328 g/mol. The van der Waals surface area contributed by atoms with Gasteiger partial charge in [-0.25, -0.2) is 14.6 Å². The van der Waals surface area contributed by atoms with Crippen LogP contribution >= 0.6 is 22.9 Å². The number of aromatic carboxylic acids is 1. The van der Waals surface area contributed by atoms with E-state index in [2.05, 4.69) is 10.3 Å². The van der Waals surface area contributed by atoms with Gasteiger partial charge in [0.05, 0.1) is 10.2 Å². The summed E-state index contributed by atoms with van der Waals surface area (Å²) in [4.78, 5) is 27.2. The summed E-state index contributed by atoms with van der Waals surface area (Å²) in [6.45, 7) is 5.16. The lowest BCUT2D eigenvalue weighted by atomic mass is 10.2. The molecule has 0 aromatic carbocycles. The molecule has 21 heavy (non-hydrogen) atoms. The highest BCUT2D eigenvalue weighted by Crippen LogP contribution is 2.35. The van der Waals surface area contributed by atoms with Crippen LogP contribution in [0, 0.1) is 0 Å². The first-order valence-electron chi connectivity index (χ1n) is 6.00. The molecule has 2 aromatic rings. The molecule has 0 radical (unpaired) electrons. The number of rotatable bonds is 2. The van der Waals surface area contributed by atoms with Gasteiger partial charge < -0.3 is 9.84 Å². The predicted octanol–water partition coefficient (Wildman–Crippen LogP) is 3.99. The second-order valence-corrected chi connectivity index (χ2v) is 6.66. The number of aromatic nitrogens is 1. The van der Waals surface area contributed by atoms with Crippen LogP contribution in [0.3, 0.4) is 0 Å². The van der Waals surface area contributed by atoms with Gasteiger partial charge in [0.25, 0.3) is 0 Å². The Balaban J connectivity index is 2.42. The molecular formula is C13H13ClN2O4S. The molecule has 0 aliphatic carbocycles. The summed E-state index contributed by atoms with van der Waals surface area (Å²) in [6.07, 6.45) is -0.720. The predicted molar refractivity (Wildman–Crippen MR) is 81.4 cm³/mol. The maximum Gasteiger partial charge on any atom is 0.412 e. The van der Waals surface area contributed by atoms with Crippen LogP contribution < -0.4 is 5.32 Å². The quantitative estimate of drug-likeness (QED) is 0.813. The molecule has 112 valence electrons. The number of carbonyl (C=O) groups is 2. The normalized spacial score (nSPS) is 11.4. The molecule has 0 bridgehead atoms. The molecule has 0 atom stereocenters. The SMILES string of the molecule is CC(C)(C)OC(=O)Nc1sc2ccc(Cl)nc2c1C(=O)O. The molecule has 2 heterocycles. The third-order valence-corrected chi connectivity index (χ3v) is 3.60. The first-order valence-corrected chi connectivity index (χ1v) is 7.19. The van der Waals surface area contributed by atoms with Gasteiger partial charge in [0.1, 0.15) is 21.3 Å². The molecule has 0 unspecified atom stereocenters. The second kappa shape index (κ2) is 5.50. The van der Waals surface area contributed by atoms with Crippen LogP contribution in [-0.2, 0) is 4.74 Å². The van der Waals surface area contributed by atoms with Crippen molar-refractivity contribution in [3.8, 4) is 0 Å². The number of carboxylic acids is 1. The summed E-state index contributed by atoms with van der Waals surface area (Å²) in [5.41, 5.74) is -0.527. The molecule has 8 heteroatoms. The van der Waals surface area contributed by atoms with Crippen molar-refractivity contribution < 1.29 is 19.4 Å². The van der Waals surface area contributed by atoms with E-state index in [1.807, 2.05) is 0 Å². The van der Waals surface area contributed by atoms with Crippen molar-refractivity contribution in [1.82, 2.24) is 4.98 Å². The number of anilines is 1. The maximum absolute atomic E-state index is 11.8. The molecule has 6 nitrogen and oxygen atoms in total. The number of hydrogen-bond acceptors (Lipinski definition) is 5. The van der Waals surface area contributed by atoms with E-state index in [4.69, 9.17) is 16.3 Å². The number of carboxylic acid groups (broad SMARTS) is 1. The van der Waals surface area contributed by atoms with Crippen LogP contribution in [-0.4, -0.2) is 27.8 Å². The van der Waals surface area contributed by atoms with E-state index in [9.17, 15) is 14.7 Å². The third kappa shape index (κ3) is 3.62. The van der Waals surface area contributed by atoms with Crippen molar-refractivity contribution in [2.75, 3.05) is 5.32 Å². The van der Waals surface area contributed by atoms with Gasteiger partial charge in [0.2, 0.25) is 0 Å². The minimum Gasteiger partial charge on any atom is -0.478 e. The Labute approximate surface area is 129 Å². The molecule has 2 rings (SSSR count). The first kappa shape index (κ1) is 15.5. The van der Waals surface area contributed by atoms with Crippen LogP contribution in [0.4, 0.5) is 9.80 Å². The summed E-state index contributed by atoms with van der Waals surface area (Å²) < 4.78 is 5.73. The van der Waals surface area contributed by atoms with Crippen molar-refractivity contribution in [3.63, 3.8) is 0 Å². The van der Waals surface area contributed by atoms with Crippen molar-refractivity contribution in [2.24, 2.45) is 0 Å². The first-order chi connectivity index (χ1) is 9.67. The number of thiophene rings is 1. The molecular weight excluding hydrogens is 316 g/mol. The van der Waals surface area contributed by atoms with Crippen LogP contribution in [0.1, 0.15) is 31.1 Å². The molecule has 2 N–H and O–H groups in total. The molecule has 0 saturated heterocycles. The van der Waals surface area contributed by atoms with E-state index < -0.39 is 17.7 Å². The van der Waals surface area contributed by atoms with Crippen LogP contribution in [0.5, 0.6) is 0 Å². The highest BCUT2D eigenvalue weighted by atomic mass is 35.5. The fourth-order valence-electron chi connectivity index (χ4n) is 1.64. The highest BCUT2D eigenvalue weighted by molar-refractivity contribution is 7.23. The van der Waals surface area contributed by atoms with Gasteiger partial charge in [-0.1, -0.05) is 11.6 Å². The molecule has 0 saturated carbocycles. The number of ether oxygens (including phenoxy) is 1. The topological polar surface area (TPSA) is 88.5 Å². The summed E-state index contributed by atoms with van der Waals surface area (Å²) in [5, 5.41) is 12.1. The van der Waals surface area contributed by atoms with E-state index in [-0.39, 0.29) is 21.2 Å². The molecule has 0 aliphatic heterocycles. The fourth-order valence-corrected chi connectivity index (χ4v) is 2.80. The summed E-state index contributed by atoms with van der Waals surface area (Å²) in [5.74, 6) is -1.19. The standard InChI is InChI=1S/C13H13ClN2O4S/c1-13(2,3)20-12(19)16-10-8(11(17)18)9-6(21-10)4-5-7(14)15-9/h4-5H,1-3H3,(H,16,19)(H,17,18). The van der Waals surface area contributed by atoms with Crippen LogP contribution in [0.25, 0.3) is 10.2 Å². The van der Waals surface area contributed by atoms with E-state index in [0.29, 0.717) is 4.70 Å². The third-order valence-electron chi connectivity index (χ3n) is 2.33. The van der Waals surface area contributed by atoms with Gasteiger partial charge in [0, 0.05) is 0 Å². The van der Waals surface area contributed by atoms with Crippen LogP contribution in [0.2, 0.25) is 5.15 Å². The molecule has 2 aromatic heterocycles. The Morgan fingerprint density at radius 3 is 2.62 bits per heavy atom. The van der Waals surface area contributed by atoms with E-state index in [1.54, 1.807) is 32.9 Å². The van der Waals surface area contributed by atoms with Crippen molar-refractivity contribution in [2.45, 2.75) is 26.4 Å². The molecule has 1 amide bonds. The van der Waals surface area contributed by atoms with Gasteiger partial charge in [-0.15, -0.1) is 11.3 Å². The average Bonchev–Trinajstić information content (AvgIpc) is 2.63. The average molecular weight is 329 g/mol. The fraction of sp³-hybridized carbons (Fsp3) is 0.308. The zero-order valence-electron chi connectivity index (χ0n) is 11.6. The second-order valence-electron chi connectivity index (χ2n) is 5.22. The lowest BCUT2D eigenvalue weighted by molar-refractivity contribution is 0.0636. The lowest BCUT2D eigenvalue weighted by Gasteiger charge is -2.19. The number of fused-ring (bicyclic) bond motifs is 1. The Morgan fingerprint density at radius 2 is 2.05 bits per heavy atom. The maximum atomic E-state index is 11.8. The summed E-state index contributed by atoms with van der Waals surface area (Å²) in [6, 6.07) is 3.21. The largest absolute Gasteiger partial charge is 0.478 e.